The molecule has 3 rings (SSSR count). The number of hydrogen-bond acceptors (Lipinski definition) is 3. The van der Waals surface area contributed by atoms with Gasteiger partial charge in [-0.25, -0.2) is 9.78 Å². The lowest BCUT2D eigenvalue weighted by atomic mass is 10.3. The third kappa shape index (κ3) is 3.94. The first-order valence-electron chi connectivity index (χ1n) is 7.42. The zero-order chi connectivity index (χ0) is 16.9. The van der Waals surface area contributed by atoms with E-state index in [1.807, 2.05) is 25.1 Å². The smallest absolute Gasteiger partial charge is 0.327 e. The molecule has 24 heavy (non-hydrogen) atoms. The molecule has 1 N–H and O–H groups in total. The molecule has 0 bridgehead atoms. The number of halogens is 1. The van der Waals surface area contributed by atoms with Gasteiger partial charge in [0.15, 0.2) is 0 Å². The number of amides is 2. The number of furan rings is 1. The lowest BCUT2D eigenvalue weighted by molar-refractivity contribution is 0.256. The Morgan fingerprint density at radius 1 is 1.17 bits per heavy atom. The molecule has 122 valence electrons. The first-order chi connectivity index (χ1) is 11.6. The molecule has 0 spiro atoms. The summed E-state index contributed by atoms with van der Waals surface area (Å²) in [5.74, 6) is 2.02. The normalized spacial score (nSPS) is 10.4. The van der Waals surface area contributed by atoms with Gasteiger partial charge >= 0.3 is 6.03 Å². The molecule has 2 amide bonds. The lowest BCUT2D eigenvalue weighted by Crippen LogP contribution is -2.35. The number of pyridine rings is 1. The van der Waals surface area contributed by atoms with Gasteiger partial charge in [0.2, 0.25) is 0 Å². The van der Waals surface area contributed by atoms with Crippen molar-refractivity contribution in [2.75, 3.05) is 10.2 Å². The topological polar surface area (TPSA) is 58.4 Å². The lowest BCUT2D eigenvalue weighted by Gasteiger charge is -2.21. The fourth-order valence-corrected chi connectivity index (χ4v) is 2.35. The zero-order valence-corrected chi connectivity index (χ0v) is 13.8. The van der Waals surface area contributed by atoms with E-state index in [0.29, 0.717) is 22.3 Å². The Morgan fingerprint density at radius 3 is 2.58 bits per heavy atom. The number of benzene rings is 1. The fraction of sp³-hybridized carbons (Fsp3) is 0.111. The highest BCUT2D eigenvalue weighted by molar-refractivity contribution is 6.30. The van der Waals surface area contributed by atoms with Crippen LogP contribution < -0.4 is 10.2 Å². The predicted octanol–water partition coefficient (Wildman–Crippen LogP) is 4.88. The third-order valence-electron chi connectivity index (χ3n) is 3.38. The van der Waals surface area contributed by atoms with Crippen LogP contribution in [0, 0.1) is 6.92 Å². The van der Waals surface area contributed by atoms with E-state index in [0.717, 1.165) is 5.76 Å². The van der Waals surface area contributed by atoms with Crippen LogP contribution in [0.25, 0.3) is 0 Å². The molecule has 0 unspecified atom stereocenters. The number of aryl methyl sites for hydroxylation is 1. The largest absolute Gasteiger partial charge is 0.464 e. The summed E-state index contributed by atoms with van der Waals surface area (Å²) in [6, 6.07) is 15.7. The van der Waals surface area contributed by atoms with E-state index in [2.05, 4.69) is 10.3 Å². The van der Waals surface area contributed by atoms with E-state index < -0.39 is 0 Å². The van der Waals surface area contributed by atoms with Gasteiger partial charge in [-0.2, -0.15) is 0 Å². The SMILES string of the molecule is Cc1ccc(CN(C(=O)Nc2ccc(Cl)cc2)c2ccccn2)o1. The number of anilines is 2. The van der Waals surface area contributed by atoms with E-state index in [-0.39, 0.29) is 12.6 Å². The van der Waals surface area contributed by atoms with Gasteiger partial charge in [-0.1, -0.05) is 17.7 Å². The van der Waals surface area contributed by atoms with Gasteiger partial charge in [-0.15, -0.1) is 0 Å². The van der Waals surface area contributed by atoms with Crippen molar-refractivity contribution in [1.29, 1.82) is 0 Å². The number of hydrogen-bond donors (Lipinski definition) is 1. The van der Waals surface area contributed by atoms with Crippen LogP contribution in [0.2, 0.25) is 5.02 Å². The molecule has 0 saturated heterocycles. The van der Waals surface area contributed by atoms with Crippen LogP contribution in [0.15, 0.2) is 65.2 Å². The quantitative estimate of drug-likeness (QED) is 0.736. The van der Waals surface area contributed by atoms with E-state index in [1.54, 1.807) is 42.6 Å². The van der Waals surface area contributed by atoms with E-state index >= 15 is 0 Å². The molecule has 0 aliphatic heterocycles. The van der Waals surface area contributed by atoms with Crippen LogP contribution in [0.1, 0.15) is 11.5 Å². The predicted molar refractivity (Wildman–Crippen MR) is 94.3 cm³/mol. The number of aromatic nitrogens is 1. The van der Waals surface area contributed by atoms with Crippen molar-refractivity contribution < 1.29 is 9.21 Å². The summed E-state index contributed by atoms with van der Waals surface area (Å²) >= 11 is 5.87. The van der Waals surface area contributed by atoms with Crippen molar-refractivity contribution >= 4 is 29.1 Å². The second kappa shape index (κ2) is 7.19. The molecule has 0 aliphatic rings. The van der Waals surface area contributed by atoms with Crippen molar-refractivity contribution in [3.05, 3.63) is 77.3 Å². The van der Waals surface area contributed by atoms with Gasteiger partial charge in [0.05, 0.1) is 6.54 Å². The molecule has 2 aromatic heterocycles. The molecule has 2 heterocycles. The number of nitrogens with zero attached hydrogens (tertiary/aromatic N) is 2. The molecular formula is C18H16ClN3O2. The molecular weight excluding hydrogens is 326 g/mol. The molecule has 6 heteroatoms. The maximum atomic E-state index is 12.7. The van der Waals surface area contributed by atoms with Gasteiger partial charge < -0.3 is 9.73 Å². The maximum absolute atomic E-state index is 12.7. The Morgan fingerprint density at radius 2 is 1.96 bits per heavy atom. The zero-order valence-electron chi connectivity index (χ0n) is 13.1. The summed E-state index contributed by atoms with van der Waals surface area (Å²) in [7, 11) is 0. The number of nitrogens with one attached hydrogen (secondary N) is 1. The Bertz CT molecular complexity index is 816. The van der Waals surface area contributed by atoms with Crippen molar-refractivity contribution in [2.45, 2.75) is 13.5 Å². The monoisotopic (exact) mass is 341 g/mol. The second-order valence-electron chi connectivity index (χ2n) is 5.22. The average molecular weight is 342 g/mol. The Hall–Kier alpha value is -2.79. The summed E-state index contributed by atoms with van der Waals surface area (Å²) in [5, 5.41) is 3.45. The van der Waals surface area contributed by atoms with Crippen molar-refractivity contribution in [2.24, 2.45) is 0 Å². The molecule has 5 nitrogen and oxygen atoms in total. The highest BCUT2D eigenvalue weighted by Crippen LogP contribution is 2.19. The molecule has 0 fully saturated rings. The summed E-state index contributed by atoms with van der Waals surface area (Å²) in [4.78, 5) is 18.5. The number of carbonyl (C=O) groups is 1. The van der Waals surface area contributed by atoms with E-state index in [4.69, 9.17) is 16.0 Å². The van der Waals surface area contributed by atoms with Crippen molar-refractivity contribution in [3.8, 4) is 0 Å². The molecule has 1 aromatic carbocycles. The molecule has 3 aromatic rings. The van der Waals surface area contributed by atoms with Crippen molar-refractivity contribution in [3.63, 3.8) is 0 Å². The summed E-state index contributed by atoms with van der Waals surface area (Å²) in [6.45, 7) is 2.15. The average Bonchev–Trinajstić information content (AvgIpc) is 3.00. The van der Waals surface area contributed by atoms with Crippen molar-refractivity contribution in [1.82, 2.24) is 4.98 Å². The Balaban J connectivity index is 1.83. The van der Waals surface area contributed by atoms with E-state index in [9.17, 15) is 4.79 Å². The molecule has 0 saturated carbocycles. The minimum atomic E-state index is -0.301. The van der Waals surface area contributed by atoms with Gasteiger partial charge in [-0.3, -0.25) is 4.90 Å². The standard InChI is InChI=1S/C18H16ClN3O2/c1-13-5-10-16(24-13)12-22(17-4-2-3-11-20-17)18(23)21-15-8-6-14(19)7-9-15/h2-11H,12H2,1H3,(H,21,23). The third-order valence-corrected chi connectivity index (χ3v) is 3.63. The maximum Gasteiger partial charge on any atom is 0.327 e. The molecule has 0 radical (unpaired) electrons. The minimum absolute atomic E-state index is 0.282. The second-order valence-corrected chi connectivity index (χ2v) is 5.66. The van der Waals surface area contributed by atoms with Gasteiger partial charge in [-0.05, 0) is 55.5 Å². The Kier molecular flexibility index (Phi) is 4.82. The highest BCUT2D eigenvalue weighted by atomic mass is 35.5. The summed E-state index contributed by atoms with van der Waals surface area (Å²) < 4.78 is 5.58. The van der Waals surface area contributed by atoms with Gasteiger partial charge in [0.25, 0.3) is 0 Å². The molecule has 0 atom stereocenters. The van der Waals surface area contributed by atoms with Crippen LogP contribution in [0.3, 0.4) is 0 Å². The van der Waals surface area contributed by atoms with Crippen LogP contribution in [-0.4, -0.2) is 11.0 Å². The number of carbonyl (C=O) groups excluding carboxylic acids is 1. The first kappa shape index (κ1) is 16.1. The number of urea groups is 1. The Labute approximate surface area is 144 Å². The van der Waals surface area contributed by atoms with Crippen LogP contribution in [0.4, 0.5) is 16.3 Å². The fourth-order valence-electron chi connectivity index (χ4n) is 2.22. The van der Waals surface area contributed by atoms with E-state index in [1.165, 1.54) is 4.90 Å². The summed E-state index contributed by atoms with van der Waals surface area (Å²) in [6.07, 6.45) is 1.64. The van der Waals surface area contributed by atoms with Gasteiger partial charge in [0.1, 0.15) is 17.3 Å². The highest BCUT2D eigenvalue weighted by Gasteiger charge is 2.19. The van der Waals surface area contributed by atoms with Crippen LogP contribution in [-0.2, 0) is 6.54 Å². The minimum Gasteiger partial charge on any atom is -0.464 e. The molecule has 0 aliphatic carbocycles. The summed E-state index contributed by atoms with van der Waals surface area (Å²) in [5.41, 5.74) is 0.654. The van der Waals surface area contributed by atoms with Gasteiger partial charge in [0, 0.05) is 16.9 Å². The van der Waals surface area contributed by atoms with Crippen LogP contribution in [0.5, 0.6) is 0 Å². The first-order valence-corrected chi connectivity index (χ1v) is 7.80. The van der Waals surface area contributed by atoms with Crippen LogP contribution >= 0.6 is 11.6 Å². The number of rotatable bonds is 4.